The van der Waals surface area contributed by atoms with Crippen LogP contribution in [0.2, 0.25) is 0 Å². The summed E-state index contributed by atoms with van der Waals surface area (Å²) < 4.78 is 11.5. The average molecular weight is 462 g/mol. The fraction of sp³-hybridized carbons (Fsp3) is 0.600. The molecule has 1 aromatic rings. The number of benzene rings is 1. The lowest BCUT2D eigenvalue weighted by Gasteiger charge is -2.38. The number of epoxide rings is 1. The number of aliphatic hydroxyl groups is 3. The third-order valence-electron chi connectivity index (χ3n) is 6.59. The van der Waals surface area contributed by atoms with Gasteiger partial charge in [-0.05, 0) is 26.7 Å². The molecule has 1 aromatic carbocycles. The first kappa shape index (κ1) is 25.5. The summed E-state index contributed by atoms with van der Waals surface area (Å²) in [6.45, 7) is 5.58. The summed E-state index contributed by atoms with van der Waals surface area (Å²) >= 11 is 0. The van der Waals surface area contributed by atoms with E-state index < -0.39 is 30.3 Å². The van der Waals surface area contributed by atoms with Gasteiger partial charge >= 0.3 is 0 Å². The van der Waals surface area contributed by atoms with E-state index in [0.717, 1.165) is 0 Å². The van der Waals surface area contributed by atoms with Gasteiger partial charge in [-0.25, -0.2) is 0 Å². The number of carbonyl (C=O) groups excluding carboxylic acids is 2. The molecular formula is C25H35NO7. The largest absolute Gasteiger partial charge is 0.393 e. The van der Waals surface area contributed by atoms with Crippen LogP contribution in [0.4, 0.5) is 0 Å². The van der Waals surface area contributed by atoms with E-state index in [9.17, 15) is 24.9 Å². The summed E-state index contributed by atoms with van der Waals surface area (Å²) in [6, 6.07) is 8.73. The van der Waals surface area contributed by atoms with Crippen LogP contribution in [0.5, 0.6) is 0 Å². The third kappa shape index (κ3) is 6.94. The molecule has 2 aliphatic rings. The maximum absolute atomic E-state index is 12.2. The van der Waals surface area contributed by atoms with Crippen LogP contribution in [0.25, 0.3) is 0 Å². The number of Topliss-reactive ketones (excluding diaryl/α,β-unsaturated/α-hetero) is 1. The maximum atomic E-state index is 12.2. The zero-order valence-electron chi connectivity index (χ0n) is 19.4. The topological polar surface area (TPSA) is 129 Å². The lowest BCUT2D eigenvalue weighted by molar-refractivity contribution is -0.165. The SMILES string of the molecule is CC(=CC(=O)NCC(=O)c1ccccc1)CC1OCC(CC2OC2C(C)C(C)O)C(O)C1O. The molecule has 8 unspecified atom stereocenters. The third-order valence-corrected chi connectivity index (χ3v) is 6.59. The van der Waals surface area contributed by atoms with Gasteiger partial charge in [-0.1, -0.05) is 42.8 Å². The molecule has 0 spiro atoms. The molecule has 0 aliphatic carbocycles. The number of rotatable bonds is 10. The first-order valence-corrected chi connectivity index (χ1v) is 11.5. The van der Waals surface area contributed by atoms with Gasteiger partial charge < -0.3 is 30.1 Å². The summed E-state index contributed by atoms with van der Waals surface area (Å²) in [5, 5.41) is 33.4. The van der Waals surface area contributed by atoms with Gasteiger partial charge in [0, 0.05) is 23.5 Å². The van der Waals surface area contributed by atoms with Crippen molar-refractivity contribution in [3.63, 3.8) is 0 Å². The molecule has 182 valence electrons. The molecule has 4 N–H and O–H groups in total. The number of ether oxygens (including phenoxy) is 2. The summed E-state index contributed by atoms with van der Waals surface area (Å²) in [4.78, 5) is 24.3. The van der Waals surface area contributed by atoms with Gasteiger partial charge in [-0.2, -0.15) is 0 Å². The highest BCUT2D eigenvalue weighted by molar-refractivity contribution is 6.00. The van der Waals surface area contributed by atoms with Crippen LogP contribution in [0, 0.1) is 11.8 Å². The smallest absolute Gasteiger partial charge is 0.244 e. The molecule has 3 rings (SSSR count). The van der Waals surface area contributed by atoms with Crippen molar-refractivity contribution in [1.29, 1.82) is 0 Å². The second-order valence-electron chi connectivity index (χ2n) is 9.29. The fourth-order valence-corrected chi connectivity index (χ4v) is 4.26. The second kappa shape index (κ2) is 11.4. The molecule has 2 aliphatic heterocycles. The highest BCUT2D eigenvalue weighted by Gasteiger charge is 2.48. The van der Waals surface area contributed by atoms with Gasteiger partial charge in [0.15, 0.2) is 5.78 Å². The van der Waals surface area contributed by atoms with Gasteiger partial charge in [0.2, 0.25) is 5.91 Å². The van der Waals surface area contributed by atoms with Crippen LogP contribution in [0.3, 0.4) is 0 Å². The van der Waals surface area contributed by atoms with Crippen molar-refractivity contribution in [2.45, 2.75) is 70.2 Å². The van der Waals surface area contributed by atoms with Crippen LogP contribution in [0.1, 0.15) is 44.0 Å². The lowest BCUT2D eigenvalue weighted by atomic mass is 9.85. The van der Waals surface area contributed by atoms with E-state index in [4.69, 9.17) is 9.47 Å². The Morgan fingerprint density at radius 2 is 1.85 bits per heavy atom. The minimum atomic E-state index is -1.08. The molecular weight excluding hydrogens is 426 g/mol. The fourth-order valence-electron chi connectivity index (χ4n) is 4.26. The summed E-state index contributed by atoms with van der Waals surface area (Å²) in [6.07, 6.45) is -1.000. The molecule has 8 heteroatoms. The van der Waals surface area contributed by atoms with Crippen molar-refractivity contribution >= 4 is 11.7 Å². The Bertz CT molecular complexity index is 840. The molecule has 0 radical (unpaired) electrons. The zero-order chi connectivity index (χ0) is 24.1. The van der Waals surface area contributed by atoms with Crippen LogP contribution in [0.15, 0.2) is 42.0 Å². The van der Waals surface area contributed by atoms with Crippen LogP contribution >= 0.6 is 0 Å². The Kier molecular flexibility index (Phi) is 8.78. The van der Waals surface area contributed by atoms with Crippen LogP contribution in [-0.2, 0) is 14.3 Å². The number of nitrogens with one attached hydrogen (secondary N) is 1. The average Bonchev–Trinajstić information content (AvgIpc) is 3.56. The predicted octanol–water partition coefficient (Wildman–Crippen LogP) is 1.23. The van der Waals surface area contributed by atoms with Crippen LogP contribution in [-0.4, -0.2) is 76.8 Å². The number of ketones is 1. The first-order valence-electron chi connectivity index (χ1n) is 11.5. The van der Waals surface area contributed by atoms with Crippen molar-refractivity contribution < 1.29 is 34.4 Å². The normalized spacial score (nSPS) is 31.5. The lowest BCUT2D eigenvalue weighted by Crippen LogP contribution is -2.50. The quantitative estimate of drug-likeness (QED) is 0.234. The second-order valence-corrected chi connectivity index (χ2v) is 9.29. The van der Waals surface area contributed by atoms with E-state index >= 15 is 0 Å². The minimum absolute atomic E-state index is 0.0104. The number of hydrogen-bond acceptors (Lipinski definition) is 7. The van der Waals surface area contributed by atoms with Crippen molar-refractivity contribution in [3.05, 3.63) is 47.5 Å². The van der Waals surface area contributed by atoms with E-state index in [-0.39, 0.29) is 49.4 Å². The molecule has 2 heterocycles. The molecule has 2 fully saturated rings. The highest BCUT2D eigenvalue weighted by atomic mass is 16.6. The minimum Gasteiger partial charge on any atom is -0.393 e. The Balaban J connectivity index is 1.43. The van der Waals surface area contributed by atoms with Crippen molar-refractivity contribution in [2.24, 2.45) is 11.8 Å². The van der Waals surface area contributed by atoms with E-state index in [1.54, 1.807) is 38.1 Å². The van der Waals surface area contributed by atoms with Crippen LogP contribution < -0.4 is 5.32 Å². The Labute approximate surface area is 194 Å². The number of aliphatic hydroxyl groups excluding tert-OH is 3. The first-order chi connectivity index (χ1) is 15.7. The highest BCUT2D eigenvalue weighted by Crippen LogP contribution is 2.38. The molecule has 1 amide bonds. The van der Waals surface area contributed by atoms with Gasteiger partial charge in [0.1, 0.15) is 6.10 Å². The van der Waals surface area contributed by atoms with Gasteiger partial charge in [0.25, 0.3) is 0 Å². The molecule has 0 bridgehead atoms. The number of amides is 1. The summed E-state index contributed by atoms with van der Waals surface area (Å²) in [5.74, 6) is -0.829. The van der Waals surface area contributed by atoms with E-state index in [1.807, 2.05) is 13.0 Å². The molecule has 0 aromatic heterocycles. The molecule has 33 heavy (non-hydrogen) atoms. The molecule has 8 nitrogen and oxygen atoms in total. The summed E-state index contributed by atoms with van der Waals surface area (Å²) in [7, 11) is 0. The van der Waals surface area contributed by atoms with Crippen molar-refractivity contribution in [1.82, 2.24) is 5.32 Å². The standard InChI is InChI=1S/C25H35NO7/c1-14(10-22(29)26-12-19(28)17-7-5-4-6-8-17)9-20-24(31)23(30)18(13-32-20)11-21-25(33-21)15(2)16(3)27/h4-8,10,15-16,18,20-21,23-25,27,30-31H,9,11-13H2,1-3H3,(H,26,29). The Morgan fingerprint density at radius 1 is 1.15 bits per heavy atom. The van der Waals surface area contributed by atoms with Gasteiger partial charge in [-0.3, -0.25) is 9.59 Å². The van der Waals surface area contributed by atoms with Crippen molar-refractivity contribution in [3.8, 4) is 0 Å². The number of hydrogen-bond donors (Lipinski definition) is 4. The molecule has 0 saturated carbocycles. The van der Waals surface area contributed by atoms with E-state index in [0.29, 0.717) is 17.6 Å². The van der Waals surface area contributed by atoms with Gasteiger partial charge in [-0.15, -0.1) is 0 Å². The maximum Gasteiger partial charge on any atom is 0.244 e. The predicted molar refractivity (Wildman–Crippen MR) is 122 cm³/mol. The zero-order valence-corrected chi connectivity index (χ0v) is 19.4. The number of carbonyl (C=O) groups is 2. The van der Waals surface area contributed by atoms with Crippen molar-refractivity contribution in [2.75, 3.05) is 13.2 Å². The molecule has 2 saturated heterocycles. The van der Waals surface area contributed by atoms with E-state index in [2.05, 4.69) is 5.32 Å². The van der Waals surface area contributed by atoms with Gasteiger partial charge in [0.05, 0.1) is 43.7 Å². The van der Waals surface area contributed by atoms with E-state index in [1.165, 1.54) is 6.08 Å². The summed E-state index contributed by atoms with van der Waals surface area (Å²) in [5.41, 5.74) is 1.20. The Hall–Kier alpha value is -2.10. The Morgan fingerprint density at radius 3 is 2.52 bits per heavy atom. The molecule has 8 atom stereocenters. The monoisotopic (exact) mass is 461 g/mol.